The fourth-order valence-corrected chi connectivity index (χ4v) is 4.50. The fourth-order valence-electron chi connectivity index (χ4n) is 4.50. The Bertz CT molecular complexity index is 829. The second kappa shape index (κ2) is 5.62. The van der Waals surface area contributed by atoms with Gasteiger partial charge in [-0.25, -0.2) is 5.43 Å². The number of hydrazone groups is 1. The van der Waals surface area contributed by atoms with Gasteiger partial charge in [-0.1, -0.05) is 50.1 Å². The quantitative estimate of drug-likeness (QED) is 0.666. The molecular formula is C20H22N2O2. The molecule has 0 heterocycles. The van der Waals surface area contributed by atoms with E-state index in [0.717, 1.165) is 23.6 Å². The number of hydrogen-bond donors (Lipinski definition) is 2. The minimum Gasteiger partial charge on any atom is -0.507 e. The zero-order valence-electron chi connectivity index (χ0n) is 13.8. The van der Waals surface area contributed by atoms with Gasteiger partial charge >= 0.3 is 0 Å². The summed E-state index contributed by atoms with van der Waals surface area (Å²) in [6.45, 7) is 2.22. The smallest absolute Gasteiger partial charge is 0.244 e. The van der Waals surface area contributed by atoms with E-state index in [9.17, 15) is 9.90 Å². The highest BCUT2D eigenvalue weighted by molar-refractivity contribution is 6.02. The van der Waals surface area contributed by atoms with E-state index in [-0.39, 0.29) is 23.0 Å². The van der Waals surface area contributed by atoms with Gasteiger partial charge in [-0.2, -0.15) is 5.10 Å². The maximum atomic E-state index is 12.4. The van der Waals surface area contributed by atoms with Gasteiger partial charge in [-0.15, -0.1) is 0 Å². The Morgan fingerprint density at radius 2 is 2.12 bits per heavy atom. The number of amides is 1. The van der Waals surface area contributed by atoms with Crippen LogP contribution in [0.25, 0.3) is 10.8 Å². The summed E-state index contributed by atoms with van der Waals surface area (Å²) < 4.78 is 0. The van der Waals surface area contributed by atoms with Crippen LogP contribution >= 0.6 is 0 Å². The van der Waals surface area contributed by atoms with Crippen molar-refractivity contribution < 1.29 is 9.90 Å². The van der Waals surface area contributed by atoms with Gasteiger partial charge in [-0.05, 0) is 41.0 Å². The van der Waals surface area contributed by atoms with Crippen molar-refractivity contribution in [2.45, 2.75) is 32.6 Å². The highest BCUT2D eigenvalue weighted by Gasteiger charge is 2.64. The minimum absolute atomic E-state index is 0.0142. The van der Waals surface area contributed by atoms with Crippen LogP contribution in [0.4, 0.5) is 0 Å². The van der Waals surface area contributed by atoms with E-state index < -0.39 is 0 Å². The highest BCUT2D eigenvalue weighted by atomic mass is 16.3. The standard InChI is InChI=1S/C20H22N2O2/c1-20-11-5-4-8-16(20)18(20)19(24)22-21-12-15-14-7-3-2-6-13(14)9-10-17(15)23/h2-3,6-7,9-10,12,16,18,23H,4-5,8,11H2,1H3,(H,22,24)/b21-12-/t16-,18+,20-/m0/s1. The maximum Gasteiger partial charge on any atom is 0.244 e. The van der Waals surface area contributed by atoms with Gasteiger partial charge in [-0.3, -0.25) is 4.79 Å². The van der Waals surface area contributed by atoms with Crippen LogP contribution in [0, 0.1) is 17.3 Å². The monoisotopic (exact) mass is 322 g/mol. The highest BCUT2D eigenvalue weighted by Crippen LogP contribution is 2.66. The first-order chi connectivity index (χ1) is 11.6. The number of fused-ring (bicyclic) bond motifs is 2. The van der Waals surface area contributed by atoms with Gasteiger partial charge in [0.1, 0.15) is 5.75 Å². The van der Waals surface area contributed by atoms with E-state index in [1.54, 1.807) is 12.3 Å². The lowest BCUT2D eigenvalue weighted by molar-refractivity contribution is -0.123. The van der Waals surface area contributed by atoms with Crippen LogP contribution in [0.15, 0.2) is 41.5 Å². The predicted octanol–water partition coefficient (Wildman–Crippen LogP) is 3.82. The molecule has 0 aromatic heterocycles. The molecule has 2 N–H and O–H groups in total. The third kappa shape index (κ3) is 2.37. The molecule has 3 atom stereocenters. The zero-order valence-corrected chi connectivity index (χ0v) is 13.8. The number of aromatic hydroxyl groups is 1. The van der Waals surface area contributed by atoms with E-state index in [2.05, 4.69) is 17.5 Å². The second-order valence-corrected chi connectivity index (χ2v) is 7.29. The molecule has 24 heavy (non-hydrogen) atoms. The lowest BCUT2D eigenvalue weighted by Gasteiger charge is -2.15. The third-order valence-electron chi connectivity index (χ3n) is 5.93. The summed E-state index contributed by atoms with van der Waals surface area (Å²) in [5.74, 6) is 0.796. The van der Waals surface area contributed by atoms with Gasteiger partial charge in [0.2, 0.25) is 5.91 Å². The summed E-state index contributed by atoms with van der Waals surface area (Å²) in [6.07, 6.45) is 6.30. The molecule has 2 aromatic rings. The van der Waals surface area contributed by atoms with Crippen LogP contribution in [-0.2, 0) is 4.79 Å². The van der Waals surface area contributed by atoms with E-state index in [0.29, 0.717) is 11.5 Å². The van der Waals surface area contributed by atoms with Crippen LogP contribution < -0.4 is 5.43 Å². The molecule has 0 spiro atoms. The molecule has 0 radical (unpaired) electrons. The summed E-state index contributed by atoms with van der Waals surface area (Å²) >= 11 is 0. The summed E-state index contributed by atoms with van der Waals surface area (Å²) in [5.41, 5.74) is 3.50. The molecule has 4 rings (SSSR count). The van der Waals surface area contributed by atoms with Crippen molar-refractivity contribution in [2.75, 3.05) is 0 Å². The summed E-state index contributed by atoms with van der Waals surface area (Å²) in [7, 11) is 0. The first kappa shape index (κ1) is 15.2. The van der Waals surface area contributed by atoms with Crippen molar-refractivity contribution in [3.8, 4) is 5.75 Å². The summed E-state index contributed by atoms with van der Waals surface area (Å²) in [5, 5.41) is 16.2. The average Bonchev–Trinajstić information content (AvgIpc) is 3.22. The molecule has 0 bridgehead atoms. The number of carbonyl (C=O) groups is 1. The van der Waals surface area contributed by atoms with E-state index in [1.807, 2.05) is 30.3 Å². The van der Waals surface area contributed by atoms with Crippen molar-refractivity contribution in [3.63, 3.8) is 0 Å². The minimum atomic E-state index is 0.0142. The van der Waals surface area contributed by atoms with Crippen molar-refractivity contribution >= 4 is 22.9 Å². The Morgan fingerprint density at radius 1 is 1.29 bits per heavy atom. The molecular weight excluding hydrogens is 300 g/mol. The number of rotatable bonds is 3. The van der Waals surface area contributed by atoms with Gasteiger partial charge in [0.15, 0.2) is 0 Å². The first-order valence-electron chi connectivity index (χ1n) is 8.65. The van der Waals surface area contributed by atoms with Crippen molar-refractivity contribution in [3.05, 3.63) is 42.0 Å². The first-order valence-corrected chi connectivity index (χ1v) is 8.65. The van der Waals surface area contributed by atoms with E-state index in [4.69, 9.17) is 0 Å². The molecule has 4 nitrogen and oxygen atoms in total. The third-order valence-corrected chi connectivity index (χ3v) is 5.93. The number of nitrogens with one attached hydrogen (secondary N) is 1. The fraction of sp³-hybridized carbons (Fsp3) is 0.400. The topological polar surface area (TPSA) is 61.7 Å². The Kier molecular flexibility index (Phi) is 3.56. The molecule has 0 unspecified atom stereocenters. The number of hydrogen-bond acceptors (Lipinski definition) is 3. The van der Waals surface area contributed by atoms with E-state index in [1.165, 1.54) is 12.8 Å². The Labute approximate surface area is 141 Å². The molecule has 124 valence electrons. The van der Waals surface area contributed by atoms with Crippen LogP contribution in [0.2, 0.25) is 0 Å². The van der Waals surface area contributed by atoms with Gasteiger partial charge in [0.25, 0.3) is 0 Å². The largest absolute Gasteiger partial charge is 0.507 e. The Hall–Kier alpha value is -2.36. The van der Waals surface area contributed by atoms with Gasteiger partial charge in [0.05, 0.1) is 6.21 Å². The Morgan fingerprint density at radius 3 is 2.92 bits per heavy atom. The lowest BCUT2D eigenvalue weighted by atomic mass is 9.90. The maximum absolute atomic E-state index is 12.4. The Balaban J connectivity index is 1.51. The van der Waals surface area contributed by atoms with Crippen LogP contribution in [0.3, 0.4) is 0 Å². The molecule has 0 saturated heterocycles. The summed E-state index contributed by atoms with van der Waals surface area (Å²) in [4.78, 5) is 12.4. The van der Waals surface area contributed by atoms with Crippen LogP contribution in [-0.4, -0.2) is 17.2 Å². The number of carbonyl (C=O) groups excluding carboxylic acids is 1. The lowest BCUT2D eigenvalue weighted by Crippen LogP contribution is -2.22. The van der Waals surface area contributed by atoms with Crippen molar-refractivity contribution in [1.29, 1.82) is 0 Å². The molecule has 2 aliphatic rings. The normalized spacial score (nSPS) is 28.7. The molecule has 2 fully saturated rings. The summed E-state index contributed by atoms with van der Waals surface area (Å²) in [6, 6.07) is 11.3. The molecule has 0 aliphatic heterocycles. The van der Waals surface area contributed by atoms with Crippen molar-refractivity contribution in [2.24, 2.45) is 22.4 Å². The number of benzene rings is 2. The number of phenolic OH excluding ortho intramolecular Hbond substituents is 1. The number of nitrogens with zero attached hydrogens (tertiary/aromatic N) is 1. The average molecular weight is 322 g/mol. The van der Waals surface area contributed by atoms with Gasteiger partial charge in [0, 0.05) is 11.5 Å². The van der Waals surface area contributed by atoms with Gasteiger partial charge < -0.3 is 5.11 Å². The molecule has 1 amide bonds. The van der Waals surface area contributed by atoms with E-state index >= 15 is 0 Å². The predicted molar refractivity (Wildman–Crippen MR) is 94.9 cm³/mol. The molecule has 2 saturated carbocycles. The van der Waals surface area contributed by atoms with Crippen molar-refractivity contribution in [1.82, 2.24) is 5.43 Å². The van der Waals surface area contributed by atoms with Crippen LogP contribution in [0.5, 0.6) is 5.75 Å². The second-order valence-electron chi connectivity index (χ2n) is 7.29. The SMILES string of the molecule is C[C@]12CCCC[C@H]1[C@@H]2C(=O)N/N=C\c1c(O)ccc2ccccc12. The number of phenols is 1. The van der Waals surface area contributed by atoms with Crippen LogP contribution in [0.1, 0.15) is 38.2 Å². The molecule has 2 aliphatic carbocycles. The zero-order chi connectivity index (χ0) is 16.7. The molecule has 4 heteroatoms. The molecule has 2 aromatic carbocycles.